The molecule has 72 valence electrons. The molecule has 0 atom stereocenters. The van der Waals surface area contributed by atoms with Crippen LogP contribution in [0.15, 0.2) is 29.1 Å². The molecule has 0 radical (unpaired) electrons. The van der Waals surface area contributed by atoms with Gasteiger partial charge in [0.2, 0.25) is 0 Å². The number of rotatable bonds is 2. The first-order chi connectivity index (χ1) is 6.79. The molecule has 2 aromatic rings. The largest absolute Gasteiger partial charge is 0.326 e. The summed E-state index contributed by atoms with van der Waals surface area (Å²) in [5, 5.41) is 0. The molecule has 5 heteroatoms. The van der Waals surface area contributed by atoms with Gasteiger partial charge in [0.25, 0.3) is 0 Å². The second kappa shape index (κ2) is 3.73. The van der Waals surface area contributed by atoms with E-state index in [-0.39, 0.29) is 4.87 Å². The van der Waals surface area contributed by atoms with Crippen LogP contribution in [-0.2, 0) is 6.54 Å². The summed E-state index contributed by atoms with van der Waals surface area (Å²) in [5.41, 5.74) is 7.44. The average Bonchev–Trinajstić information content (AvgIpc) is 2.65. The number of hydrogen-bond acceptors (Lipinski definition) is 4. The number of hydrogen-bond donors (Lipinski definition) is 2. The van der Waals surface area contributed by atoms with Crippen LogP contribution in [0, 0.1) is 0 Å². The van der Waals surface area contributed by atoms with E-state index in [2.05, 4.69) is 9.36 Å². The van der Waals surface area contributed by atoms with Gasteiger partial charge in [-0.25, -0.2) is 0 Å². The van der Waals surface area contributed by atoms with E-state index in [9.17, 15) is 4.79 Å². The van der Waals surface area contributed by atoms with Crippen molar-refractivity contribution in [1.82, 2.24) is 9.36 Å². The normalized spacial score (nSPS) is 10.4. The van der Waals surface area contributed by atoms with Crippen LogP contribution in [0.1, 0.15) is 5.56 Å². The molecule has 0 spiro atoms. The van der Waals surface area contributed by atoms with Gasteiger partial charge in [-0.3, -0.25) is 9.78 Å². The topological polar surface area (TPSA) is 71.8 Å². The summed E-state index contributed by atoms with van der Waals surface area (Å²) < 4.78 is 3.98. The summed E-state index contributed by atoms with van der Waals surface area (Å²) in [7, 11) is 0. The Labute approximate surface area is 84.6 Å². The molecule has 0 saturated carbocycles. The zero-order valence-corrected chi connectivity index (χ0v) is 8.17. The molecule has 0 unspecified atom stereocenters. The van der Waals surface area contributed by atoms with Crippen LogP contribution in [0.5, 0.6) is 0 Å². The lowest BCUT2D eigenvalue weighted by Crippen LogP contribution is -1.96. The maximum Gasteiger partial charge on any atom is 0.323 e. The van der Waals surface area contributed by atoms with Crippen molar-refractivity contribution in [3.05, 3.63) is 39.5 Å². The fourth-order valence-electron chi connectivity index (χ4n) is 1.15. The van der Waals surface area contributed by atoms with Gasteiger partial charge in [0.05, 0.1) is 0 Å². The van der Waals surface area contributed by atoms with Crippen LogP contribution in [-0.4, -0.2) is 9.36 Å². The van der Waals surface area contributed by atoms with Crippen molar-refractivity contribution < 1.29 is 0 Å². The number of aromatic nitrogens is 2. The van der Waals surface area contributed by atoms with Gasteiger partial charge in [-0.2, -0.15) is 4.37 Å². The molecule has 1 aromatic carbocycles. The van der Waals surface area contributed by atoms with E-state index in [1.807, 2.05) is 24.3 Å². The lowest BCUT2D eigenvalue weighted by atomic mass is 10.1. The third-order valence-corrected chi connectivity index (χ3v) is 2.45. The third kappa shape index (κ3) is 1.73. The Morgan fingerprint density at radius 3 is 2.57 bits per heavy atom. The Morgan fingerprint density at radius 1 is 1.36 bits per heavy atom. The second-order valence-electron chi connectivity index (χ2n) is 2.84. The van der Waals surface area contributed by atoms with Crippen molar-refractivity contribution in [3.63, 3.8) is 0 Å². The summed E-state index contributed by atoms with van der Waals surface area (Å²) in [6.07, 6.45) is 0. The molecule has 14 heavy (non-hydrogen) atoms. The third-order valence-electron chi connectivity index (χ3n) is 1.90. The van der Waals surface area contributed by atoms with Gasteiger partial charge in [0, 0.05) is 23.6 Å². The van der Waals surface area contributed by atoms with Gasteiger partial charge in [-0.1, -0.05) is 24.3 Å². The first-order valence-electron chi connectivity index (χ1n) is 4.15. The number of benzene rings is 1. The second-order valence-corrected chi connectivity index (χ2v) is 3.58. The molecule has 1 aromatic heterocycles. The minimum Gasteiger partial charge on any atom is -0.326 e. The summed E-state index contributed by atoms with van der Waals surface area (Å²) >= 11 is 0.923. The Balaban J connectivity index is 2.38. The lowest BCUT2D eigenvalue weighted by Gasteiger charge is -1.98. The molecule has 0 saturated heterocycles. The highest BCUT2D eigenvalue weighted by atomic mass is 32.1. The maximum absolute atomic E-state index is 10.9. The first kappa shape index (κ1) is 9.11. The molecule has 0 aliphatic carbocycles. The number of nitrogens with one attached hydrogen (secondary N) is 1. The highest BCUT2D eigenvalue weighted by Crippen LogP contribution is 2.14. The van der Waals surface area contributed by atoms with Crippen LogP contribution >= 0.6 is 11.5 Å². The minimum atomic E-state index is -0.136. The van der Waals surface area contributed by atoms with E-state index in [4.69, 9.17) is 5.73 Å². The summed E-state index contributed by atoms with van der Waals surface area (Å²) in [6.45, 7) is 0.522. The van der Waals surface area contributed by atoms with Crippen molar-refractivity contribution in [2.45, 2.75) is 6.54 Å². The van der Waals surface area contributed by atoms with Gasteiger partial charge < -0.3 is 5.73 Å². The number of nitrogens with two attached hydrogens (primary N) is 1. The van der Waals surface area contributed by atoms with Crippen molar-refractivity contribution in [1.29, 1.82) is 0 Å². The molecule has 3 N–H and O–H groups in total. The summed E-state index contributed by atoms with van der Waals surface area (Å²) in [6, 6.07) is 7.64. The lowest BCUT2D eigenvalue weighted by molar-refractivity contribution is 1.07. The Bertz CT molecular complexity index is 471. The van der Waals surface area contributed by atoms with Crippen molar-refractivity contribution in [3.8, 4) is 11.4 Å². The predicted molar refractivity (Wildman–Crippen MR) is 56.1 cm³/mol. The van der Waals surface area contributed by atoms with Gasteiger partial charge in [0.15, 0.2) is 5.82 Å². The van der Waals surface area contributed by atoms with E-state index in [0.717, 1.165) is 22.7 Å². The zero-order chi connectivity index (χ0) is 9.97. The van der Waals surface area contributed by atoms with E-state index in [0.29, 0.717) is 12.4 Å². The highest BCUT2D eigenvalue weighted by Gasteiger charge is 2.01. The molecule has 4 nitrogen and oxygen atoms in total. The first-order valence-corrected chi connectivity index (χ1v) is 4.92. The Morgan fingerprint density at radius 2 is 2.07 bits per heavy atom. The zero-order valence-electron chi connectivity index (χ0n) is 7.36. The van der Waals surface area contributed by atoms with Crippen LogP contribution in [0.3, 0.4) is 0 Å². The maximum atomic E-state index is 10.9. The number of nitrogens with zero attached hydrogens (tertiary/aromatic N) is 1. The SMILES string of the molecule is NCc1ccc(-c2nsc(=O)[nH]2)cc1. The van der Waals surface area contributed by atoms with Gasteiger partial charge >= 0.3 is 4.87 Å². The van der Waals surface area contributed by atoms with Gasteiger partial charge in [0.1, 0.15) is 0 Å². The van der Waals surface area contributed by atoms with Crippen molar-refractivity contribution in [2.24, 2.45) is 5.73 Å². The van der Waals surface area contributed by atoms with Gasteiger partial charge in [-0.15, -0.1) is 0 Å². The molecule has 0 aliphatic rings. The van der Waals surface area contributed by atoms with Crippen molar-refractivity contribution in [2.75, 3.05) is 0 Å². The highest BCUT2D eigenvalue weighted by molar-refractivity contribution is 7.03. The molecule has 0 fully saturated rings. The van der Waals surface area contributed by atoms with Gasteiger partial charge in [-0.05, 0) is 5.56 Å². The van der Waals surface area contributed by atoms with Crippen molar-refractivity contribution >= 4 is 11.5 Å². The number of aromatic amines is 1. The summed E-state index contributed by atoms with van der Waals surface area (Å²) in [4.78, 5) is 13.4. The number of H-pyrrole nitrogens is 1. The molecule has 0 bridgehead atoms. The van der Waals surface area contributed by atoms with Crippen LogP contribution < -0.4 is 10.6 Å². The van der Waals surface area contributed by atoms with E-state index in [1.165, 1.54) is 0 Å². The molecular weight excluding hydrogens is 198 g/mol. The Hall–Kier alpha value is -1.46. The fourth-order valence-corrected chi connectivity index (χ4v) is 1.62. The summed E-state index contributed by atoms with van der Waals surface area (Å²) in [5.74, 6) is 0.614. The van der Waals surface area contributed by atoms with Crippen LogP contribution in [0.25, 0.3) is 11.4 Å². The molecule has 0 amide bonds. The smallest absolute Gasteiger partial charge is 0.323 e. The van der Waals surface area contributed by atoms with Crippen LogP contribution in [0.2, 0.25) is 0 Å². The van der Waals surface area contributed by atoms with E-state index in [1.54, 1.807) is 0 Å². The minimum absolute atomic E-state index is 0.136. The van der Waals surface area contributed by atoms with E-state index < -0.39 is 0 Å². The molecule has 1 heterocycles. The quantitative estimate of drug-likeness (QED) is 0.770. The predicted octanol–water partition coefficient (Wildman–Crippen LogP) is 0.957. The van der Waals surface area contributed by atoms with E-state index >= 15 is 0 Å². The fraction of sp³-hybridized carbons (Fsp3) is 0.111. The molecule has 0 aliphatic heterocycles. The standard InChI is InChI=1S/C9H9N3OS/c10-5-6-1-3-7(4-2-6)8-11-9(13)14-12-8/h1-4H,5,10H2,(H,11,12,13). The average molecular weight is 207 g/mol. The Kier molecular flexibility index (Phi) is 2.43. The molecule has 2 rings (SSSR count). The van der Waals surface area contributed by atoms with Crippen LogP contribution in [0.4, 0.5) is 0 Å². The molecular formula is C9H9N3OS. The monoisotopic (exact) mass is 207 g/mol.